The van der Waals surface area contributed by atoms with Crippen molar-refractivity contribution < 1.29 is 14.7 Å². The Morgan fingerprint density at radius 2 is 1.76 bits per heavy atom. The molecule has 4 heteroatoms. The number of rotatable bonds is 6. The zero-order chi connectivity index (χ0) is 16.0. The molecule has 2 N–H and O–H groups in total. The minimum atomic E-state index is -0.887. The number of carboxylic acid groups (broad SMARTS) is 1. The van der Waals surface area contributed by atoms with Crippen LogP contribution in [0.4, 0.5) is 0 Å². The molecule has 0 aliphatic heterocycles. The summed E-state index contributed by atoms with van der Waals surface area (Å²) in [7, 11) is 0. The third-order valence-corrected chi connectivity index (χ3v) is 3.89. The van der Waals surface area contributed by atoms with E-state index in [9.17, 15) is 14.7 Å². The predicted octanol–water partition coefficient (Wildman–Crippen LogP) is 2.73. The highest BCUT2D eigenvalue weighted by molar-refractivity contribution is 5.80. The molecule has 2 unspecified atom stereocenters. The number of nitrogens with one attached hydrogen (secondary N) is 1. The second-order valence-corrected chi connectivity index (χ2v) is 6.56. The maximum atomic E-state index is 12.1. The summed E-state index contributed by atoms with van der Waals surface area (Å²) in [6.45, 7) is 8.01. The molecule has 0 aliphatic carbocycles. The lowest BCUT2D eigenvalue weighted by atomic mass is 9.81. The molecule has 1 aromatic rings. The van der Waals surface area contributed by atoms with Crippen LogP contribution in [0.15, 0.2) is 30.3 Å². The van der Waals surface area contributed by atoms with Gasteiger partial charge in [0.2, 0.25) is 5.91 Å². The molecule has 0 fully saturated rings. The summed E-state index contributed by atoms with van der Waals surface area (Å²) >= 11 is 0. The van der Waals surface area contributed by atoms with Crippen LogP contribution in [0.5, 0.6) is 0 Å². The SMILES string of the molecule is CC(C(=O)NCC(Cc1ccccc1)C(=O)O)C(C)(C)C. The smallest absolute Gasteiger partial charge is 0.308 e. The van der Waals surface area contributed by atoms with Crippen molar-refractivity contribution in [2.24, 2.45) is 17.3 Å². The van der Waals surface area contributed by atoms with E-state index in [0.717, 1.165) is 5.56 Å². The van der Waals surface area contributed by atoms with Gasteiger partial charge in [-0.15, -0.1) is 0 Å². The molecule has 1 amide bonds. The summed E-state index contributed by atoms with van der Waals surface area (Å²) in [5.74, 6) is -1.75. The summed E-state index contributed by atoms with van der Waals surface area (Å²) in [6, 6.07) is 9.46. The number of aliphatic carboxylic acids is 1. The molecule has 0 bridgehead atoms. The second kappa shape index (κ2) is 7.25. The van der Waals surface area contributed by atoms with Gasteiger partial charge in [0.1, 0.15) is 0 Å². The van der Waals surface area contributed by atoms with E-state index in [-0.39, 0.29) is 23.8 Å². The van der Waals surface area contributed by atoms with Gasteiger partial charge in [0.15, 0.2) is 0 Å². The van der Waals surface area contributed by atoms with E-state index in [1.165, 1.54) is 0 Å². The first-order valence-electron chi connectivity index (χ1n) is 7.26. The Hall–Kier alpha value is -1.84. The molecule has 21 heavy (non-hydrogen) atoms. The first kappa shape index (κ1) is 17.2. The fourth-order valence-electron chi connectivity index (χ4n) is 1.92. The van der Waals surface area contributed by atoms with Crippen molar-refractivity contribution in [1.82, 2.24) is 5.32 Å². The van der Waals surface area contributed by atoms with Gasteiger partial charge in [-0.2, -0.15) is 0 Å². The lowest BCUT2D eigenvalue weighted by Crippen LogP contribution is -2.40. The molecular weight excluding hydrogens is 266 g/mol. The Kier molecular flexibility index (Phi) is 5.94. The fraction of sp³-hybridized carbons (Fsp3) is 0.529. The summed E-state index contributed by atoms with van der Waals surface area (Å²) < 4.78 is 0. The molecule has 0 saturated heterocycles. The molecule has 0 saturated carbocycles. The van der Waals surface area contributed by atoms with Crippen LogP contribution in [0, 0.1) is 17.3 Å². The van der Waals surface area contributed by atoms with Gasteiger partial charge in [-0.1, -0.05) is 58.0 Å². The highest BCUT2D eigenvalue weighted by Crippen LogP contribution is 2.25. The van der Waals surface area contributed by atoms with Crippen LogP contribution >= 0.6 is 0 Å². The molecule has 1 aromatic carbocycles. The van der Waals surface area contributed by atoms with Gasteiger partial charge >= 0.3 is 5.97 Å². The van der Waals surface area contributed by atoms with Crippen LogP contribution in [0.2, 0.25) is 0 Å². The van der Waals surface area contributed by atoms with Crippen LogP contribution in [-0.4, -0.2) is 23.5 Å². The van der Waals surface area contributed by atoms with E-state index in [2.05, 4.69) is 5.32 Å². The Morgan fingerprint density at radius 1 is 1.19 bits per heavy atom. The Morgan fingerprint density at radius 3 is 2.24 bits per heavy atom. The minimum absolute atomic E-state index is 0.0955. The highest BCUT2D eigenvalue weighted by Gasteiger charge is 2.28. The summed E-state index contributed by atoms with van der Waals surface area (Å²) in [4.78, 5) is 23.4. The maximum Gasteiger partial charge on any atom is 0.308 e. The molecule has 0 radical (unpaired) electrons. The minimum Gasteiger partial charge on any atom is -0.481 e. The van der Waals surface area contributed by atoms with E-state index < -0.39 is 11.9 Å². The Labute approximate surface area is 126 Å². The van der Waals surface area contributed by atoms with Gasteiger partial charge in [0.05, 0.1) is 5.92 Å². The lowest BCUT2D eigenvalue weighted by Gasteiger charge is -2.26. The van der Waals surface area contributed by atoms with Crippen LogP contribution in [-0.2, 0) is 16.0 Å². The third-order valence-electron chi connectivity index (χ3n) is 3.89. The van der Waals surface area contributed by atoms with Crippen molar-refractivity contribution in [3.63, 3.8) is 0 Å². The lowest BCUT2D eigenvalue weighted by molar-refractivity contribution is -0.141. The van der Waals surface area contributed by atoms with Crippen LogP contribution in [0.1, 0.15) is 33.3 Å². The fourth-order valence-corrected chi connectivity index (χ4v) is 1.92. The number of amides is 1. The zero-order valence-corrected chi connectivity index (χ0v) is 13.2. The van der Waals surface area contributed by atoms with Gasteiger partial charge in [0, 0.05) is 12.5 Å². The van der Waals surface area contributed by atoms with E-state index in [4.69, 9.17) is 0 Å². The topological polar surface area (TPSA) is 66.4 Å². The van der Waals surface area contributed by atoms with E-state index in [1.807, 2.05) is 58.0 Å². The van der Waals surface area contributed by atoms with E-state index in [0.29, 0.717) is 6.42 Å². The van der Waals surface area contributed by atoms with Crippen LogP contribution in [0.25, 0.3) is 0 Å². The van der Waals surface area contributed by atoms with Crippen molar-refractivity contribution in [3.05, 3.63) is 35.9 Å². The van der Waals surface area contributed by atoms with Crippen LogP contribution < -0.4 is 5.32 Å². The quantitative estimate of drug-likeness (QED) is 0.847. The van der Waals surface area contributed by atoms with Crippen molar-refractivity contribution >= 4 is 11.9 Å². The summed E-state index contributed by atoms with van der Waals surface area (Å²) in [6.07, 6.45) is 0.417. The first-order valence-corrected chi connectivity index (χ1v) is 7.26. The number of carboxylic acids is 1. The molecule has 0 spiro atoms. The van der Waals surface area contributed by atoms with Crippen LogP contribution in [0.3, 0.4) is 0 Å². The predicted molar refractivity (Wildman–Crippen MR) is 82.9 cm³/mol. The van der Waals surface area contributed by atoms with Gasteiger partial charge in [-0.3, -0.25) is 9.59 Å². The number of benzene rings is 1. The summed E-state index contributed by atoms with van der Waals surface area (Å²) in [5.41, 5.74) is 0.824. The normalized spacial score (nSPS) is 14.3. The Bertz CT molecular complexity index is 477. The second-order valence-electron chi connectivity index (χ2n) is 6.56. The monoisotopic (exact) mass is 291 g/mol. The number of carbonyl (C=O) groups excluding carboxylic acids is 1. The van der Waals surface area contributed by atoms with E-state index in [1.54, 1.807) is 0 Å². The first-order chi connectivity index (χ1) is 9.71. The average molecular weight is 291 g/mol. The molecular formula is C17H25NO3. The maximum absolute atomic E-state index is 12.1. The van der Waals surface area contributed by atoms with E-state index >= 15 is 0 Å². The van der Waals surface area contributed by atoms with Gasteiger partial charge in [-0.25, -0.2) is 0 Å². The number of hydrogen-bond donors (Lipinski definition) is 2. The standard InChI is InChI=1S/C17H25NO3/c1-12(17(2,3)4)15(19)18-11-14(16(20)21)10-13-8-6-5-7-9-13/h5-9,12,14H,10-11H2,1-4H3,(H,18,19)(H,20,21). The van der Waals surface area contributed by atoms with Crippen molar-refractivity contribution in [1.29, 1.82) is 0 Å². The van der Waals surface area contributed by atoms with Gasteiger partial charge in [-0.05, 0) is 17.4 Å². The zero-order valence-electron chi connectivity index (χ0n) is 13.2. The molecule has 0 aromatic heterocycles. The van der Waals surface area contributed by atoms with Crippen molar-refractivity contribution in [2.75, 3.05) is 6.54 Å². The molecule has 2 atom stereocenters. The Balaban J connectivity index is 2.60. The van der Waals surface area contributed by atoms with Gasteiger partial charge in [0.25, 0.3) is 0 Å². The molecule has 116 valence electrons. The number of carbonyl (C=O) groups is 2. The highest BCUT2D eigenvalue weighted by atomic mass is 16.4. The van der Waals surface area contributed by atoms with Gasteiger partial charge < -0.3 is 10.4 Å². The average Bonchev–Trinajstić information content (AvgIpc) is 2.42. The van der Waals surface area contributed by atoms with Crippen molar-refractivity contribution in [3.8, 4) is 0 Å². The molecule has 0 heterocycles. The largest absolute Gasteiger partial charge is 0.481 e. The molecule has 0 aliphatic rings. The summed E-state index contributed by atoms with van der Waals surface area (Å²) in [5, 5.41) is 12.1. The number of hydrogen-bond acceptors (Lipinski definition) is 2. The third kappa shape index (κ3) is 5.58. The molecule has 1 rings (SSSR count). The van der Waals surface area contributed by atoms with Crippen molar-refractivity contribution in [2.45, 2.75) is 34.1 Å². The molecule has 4 nitrogen and oxygen atoms in total.